The van der Waals surface area contributed by atoms with Gasteiger partial charge in [-0.1, -0.05) is 18.5 Å². The topological polar surface area (TPSA) is 98.3 Å². The largest absolute Gasteiger partial charge is 0.289 e. The minimum atomic E-state index is -4.07. The van der Waals surface area contributed by atoms with Gasteiger partial charge in [0.25, 0.3) is 5.69 Å². The Morgan fingerprint density at radius 1 is 1.43 bits per heavy atom. The summed E-state index contributed by atoms with van der Waals surface area (Å²) >= 11 is 5.82. The van der Waals surface area contributed by atoms with E-state index in [9.17, 15) is 18.5 Å². The van der Waals surface area contributed by atoms with Gasteiger partial charge < -0.3 is 0 Å². The molecule has 0 aliphatic heterocycles. The molecule has 1 heterocycles. The van der Waals surface area contributed by atoms with Crippen molar-refractivity contribution >= 4 is 27.3 Å². The van der Waals surface area contributed by atoms with Crippen molar-refractivity contribution in [2.24, 2.45) is 7.05 Å². The molecule has 0 spiro atoms. The van der Waals surface area contributed by atoms with Crippen molar-refractivity contribution in [2.45, 2.75) is 18.4 Å². The van der Waals surface area contributed by atoms with Gasteiger partial charge in [-0.3, -0.25) is 14.8 Å². The van der Waals surface area contributed by atoms with Crippen LogP contribution in [-0.4, -0.2) is 34.0 Å². The summed E-state index contributed by atoms with van der Waals surface area (Å²) in [5, 5.41) is 15.2. The number of sulfonamides is 1. The lowest BCUT2D eigenvalue weighted by Crippen LogP contribution is -2.30. The summed E-state index contributed by atoms with van der Waals surface area (Å²) in [5.41, 5.74) is 0.182. The first-order valence-corrected chi connectivity index (χ1v) is 8.49. The smallest absolute Gasteiger partial charge is 0.275 e. The fourth-order valence-electron chi connectivity index (χ4n) is 2.11. The molecule has 0 amide bonds. The van der Waals surface area contributed by atoms with Gasteiger partial charge in [-0.2, -0.15) is 9.40 Å². The van der Waals surface area contributed by atoms with E-state index in [0.717, 1.165) is 16.4 Å². The molecule has 23 heavy (non-hydrogen) atoms. The first kappa shape index (κ1) is 17.4. The maximum atomic E-state index is 12.8. The Labute approximate surface area is 138 Å². The highest BCUT2D eigenvalue weighted by atomic mass is 35.5. The van der Waals surface area contributed by atoms with E-state index in [1.165, 1.54) is 6.07 Å². The molecule has 0 saturated heterocycles. The Bertz CT molecular complexity index is 834. The first-order chi connectivity index (χ1) is 10.8. The SMILES string of the molecule is CCN(Cc1cnn(C)c1)S(=O)(=O)c1cc(Cl)ccc1[N+](=O)[O-]. The molecule has 0 bridgehead atoms. The quantitative estimate of drug-likeness (QED) is 0.582. The van der Waals surface area contributed by atoms with Crippen molar-refractivity contribution in [2.75, 3.05) is 6.54 Å². The maximum absolute atomic E-state index is 12.8. The number of aromatic nitrogens is 2. The molecule has 2 aromatic rings. The first-order valence-electron chi connectivity index (χ1n) is 6.67. The van der Waals surface area contributed by atoms with Crippen LogP contribution >= 0.6 is 11.6 Å². The van der Waals surface area contributed by atoms with Crippen LogP contribution in [0.4, 0.5) is 5.69 Å². The second-order valence-electron chi connectivity index (χ2n) is 4.82. The van der Waals surface area contributed by atoms with Crippen LogP contribution in [0.25, 0.3) is 0 Å². The Kier molecular flexibility index (Phi) is 5.03. The lowest BCUT2D eigenvalue weighted by atomic mass is 10.3. The van der Waals surface area contributed by atoms with Crippen molar-refractivity contribution in [3.63, 3.8) is 0 Å². The van der Waals surface area contributed by atoms with Crippen LogP contribution in [0.5, 0.6) is 0 Å². The summed E-state index contributed by atoms with van der Waals surface area (Å²) in [4.78, 5) is 9.97. The number of nitro benzene ring substituents is 1. The maximum Gasteiger partial charge on any atom is 0.289 e. The molecular weight excluding hydrogens is 344 g/mol. The Hall–Kier alpha value is -1.97. The minimum absolute atomic E-state index is 0.0658. The predicted octanol–water partition coefficient (Wildman–Crippen LogP) is 2.19. The highest BCUT2D eigenvalue weighted by Gasteiger charge is 2.31. The molecule has 0 saturated carbocycles. The van der Waals surface area contributed by atoms with Crippen LogP contribution < -0.4 is 0 Å². The highest BCUT2D eigenvalue weighted by Crippen LogP contribution is 2.30. The van der Waals surface area contributed by atoms with Crippen LogP contribution in [0.15, 0.2) is 35.5 Å². The van der Waals surface area contributed by atoms with Gasteiger partial charge in [-0.25, -0.2) is 8.42 Å². The summed E-state index contributed by atoms with van der Waals surface area (Å²) in [7, 11) is -2.35. The van der Waals surface area contributed by atoms with Crippen LogP contribution in [0.1, 0.15) is 12.5 Å². The van der Waals surface area contributed by atoms with E-state index in [4.69, 9.17) is 11.6 Å². The fourth-order valence-corrected chi connectivity index (χ4v) is 3.97. The molecule has 1 aromatic carbocycles. The third kappa shape index (κ3) is 3.69. The zero-order chi connectivity index (χ0) is 17.2. The van der Waals surface area contributed by atoms with Gasteiger partial charge in [-0.05, 0) is 12.1 Å². The summed E-state index contributed by atoms with van der Waals surface area (Å²) in [6, 6.07) is 3.48. The number of rotatable bonds is 6. The highest BCUT2D eigenvalue weighted by molar-refractivity contribution is 7.89. The monoisotopic (exact) mass is 358 g/mol. The lowest BCUT2D eigenvalue weighted by Gasteiger charge is -2.19. The number of nitrogens with zero attached hydrogens (tertiary/aromatic N) is 4. The van der Waals surface area contributed by atoms with Crippen LogP contribution in [0.2, 0.25) is 5.02 Å². The number of halogens is 1. The molecule has 10 heteroatoms. The predicted molar refractivity (Wildman–Crippen MR) is 84.6 cm³/mol. The van der Waals surface area contributed by atoms with Gasteiger partial charge in [0.1, 0.15) is 0 Å². The van der Waals surface area contributed by atoms with Gasteiger partial charge in [0.05, 0.1) is 11.1 Å². The zero-order valence-corrected chi connectivity index (χ0v) is 14.1. The summed E-state index contributed by atoms with van der Waals surface area (Å²) in [5.74, 6) is 0. The van der Waals surface area contributed by atoms with Gasteiger partial charge in [0, 0.05) is 43.0 Å². The molecule has 2 rings (SSSR count). The third-order valence-electron chi connectivity index (χ3n) is 3.21. The molecule has 0 unspecified atom stereocenters. The van der Waals surface area contributed by atoms with Gasteiger partial charge in [0.15, 0.2) is 4.90 Å². The summed E-state index contributed by atoms with van der Waals surface area (Å²) in [6.45, 7) is 1.88. The van der Waals surface area contributed by atoms with Crippen molar-refractivity contribution in [3.05, 3.63) is 51.3 Å². The normalized spacial score (nSPS) is 11.8. The second kappa shape index (κ2) is 6.65. The molecule has 0 aliphatic rings. The van der Waals surface area contributed by atoms with E-state index in [2.05, 4.69) is 5.10 Å². The fraction of sp³-hybridized carbons (Fsp3) is 0.308. The van der Waals surface area contributed by atoms with Gasteiger partial charge >= 0.3 is 0 Å². The second-order valence-corrected chi connectivity index (χ2v) is 7.17. The number of hydrogen-bond donors (Lipinski definition) is 0. The number of hydrogen-bond acceptors (Lipinski definition) is 5. The molecule has 0 fully saturated rings. The standard InChI is InChI=1S/C13H15ClN4O4S/c1-3-17(9-10-7-15-16(2)8-10)23(21,22)13-6-11(14)4-5-12(13)18(19)20/h4-8H,3,9H2,1-2H3. The number of benzene rings is 1. The Balaban J connectivity index is 2.46. The van der Waals surface area contributed by atoms with Gasteiger partial charge in [-0.15, -0.1) is 0 Å². The lowest BCUT2D eigenvalue weighted by molar-refractivity contribution is -0.387. The molecule has 0 radical (unpaired) electrons. The van der Waals surface area contributed by atoms with Crippen molar-refractivity contribution < 1.29 is 13.3 Å². The molecule has 1 aromatic heterocycles. The molecule has 8 nitrogen and oxygen atoms in total. The average molecular weight is 359 g/mol. The van der Waals surface area contributed by atoms with E-state index in [1.807, 2.05) is 0 Å². The molecule has 0 aliphatic carbocycles. The summed E-state index contributed by atoms with van der Waals surface area (Å²) in [6.07, 6.45) is 3.23. The molecule has 0 N–H and O–H groups in total. The van der Waals surface area contributed by atoms with Crippen LogP contribution in [0.3, 0.4) is 0 Å². The Morgan fingerprint density at radius 3 is 2.65 bits per heavy atom. The zero-order valence-electron chi connectivity index (χ0n) is 12.5. The summed E-state index contributed by atoms with van der Waals surface area (Å²) < 4.78 is 28.3. The minimum Gasteiger partial charge on any atom is -0.275 e. The van der Waals surface area contributed by atoms with E-state index < -0.39 is 25.5 Å². The van der Waals surface area contributed by atoms with Crippen LogP contribution in [0, 0.1) is 10.1 Å². The van der Waals surface area contributed by atoms with Crippen molar-refractivity contribution in [3.8, 4) is 0 Å². The van der Waals surface area contributed by atoms with E-state index >= 15 is 0 Å². The van der Waals surface area contributed by atoms with E-state index in [-0.39, 0.29) is 18.1 Å². The van der Waals surface area contributed by atoms with Crippen LogP contribution in [-0.2, 0) is 23.6 Å². The molecule has 124 valence electrons. The van der Waals surface area contributed by atoms with E-state index in [0.29, 0.717) is 5.56 Å². The van der Waals surface area contributed by atoms with Crippen molar-refractivity contribution in [1.82, 2.24) is 14.1 Å². The van der Waals surface area contributed by atoms with Gasteiger partial charge in [0.2, 0.25) is 10.0 Å². The molecule has 0 atom stereocenters. The van der Waals surface area contributed by atoms with E-state index in [1.54, 1.807) is 31.0 Å². The number of aryl methyl sites for hydroxylation is 1. The van der Waals surface area contributed by atoms with Crippen molar-refractivity contribution in [1.29, 1.82) is 0 Å². The molecular formula is C13H15ClN4O4S. The number of nitro groups is 1. The average Bonchev–Trinajstić information content (AvgIpc) is 2.89. The Morgan fingerprint density at radius 2 is 2.13 bits per heavy atom. The third-order valence-corrected chi connectivity index (χ3v) is 5.39.